The zero-order valence-corrected chi connectivity index (χ0v) is 15.2. The lowest BCUT2D eigenvalue weighted by Crippen LogP contribution is -2.36. The predicted molar refractivity (Wildman–Crippen MR) is 98.9 cm³/mol. The topological polar surface area (TPSA) is 50.8 Å². The average molecular weight is 344 g/mol. The molecule has 1 N–H and O–H groups in total. The van der Waals surface area contributed by atoms with Gasteiger partial charge in [0.25, 0.3) is 5.91 Å². The Morgan fingerprint density at radius 1 is 1.36 bits per heavy atom. The number of fused-ring (bicyclic) bond motifs is 1. The number of hydrogen-bond acceptors (Lipinski definition) is 4. The number of carbonyl (C=O) groups is 1. The summed E-state index contributed by atoms with van der Waals surface area (Å²) in [7, 11) is 0. The van der Waals surface area contributed by atoms with E-state index in [9.17, 15) is 4.79 Å². The molecule has 0 saturated carbocycles. The van der Waals surface area contributed by atoms with Crippen LogP contribution in [0.1, 0.15) is 32.3 Å². The molecule has 3 rings (SSSR count). The maximum Gasteiger partial charge on any atom is 0.250 e. The molecular formula is C20H28N2O3. The average Bonchev–Trinajstić information content (AvgIpc) is 3.12. The van der Waals surface area contributed by atoms with Crippen molar-refractivity contribution in [3.8, 4) is 11.5 Å². The summed E-state index contributed by atoms with van der Waals surface area (Å²) in [6.07, 6.45) is 4.50. The van der Waals surface area contributed by atoms with E-state index in [4.69, 9.17) is 9.47 Å². The summed E-state index contributed by atoms with van der Waals surface area (Å²) in [5, 5.41) is 3.05. The van der Waals surface area contributed by atoms with Crippen molar-refractivity contribution in [3.05, 3.63) is 29.3 Å². The molecule has 1 amide bonds. The predicted octanol–water partition coefficient (Wildman–Crippen LogP) is 2.71. The number of para-hydroxylation sites is 1. The summed E-state index contributed by atoms with van der Waals surface area (Å²) >= 11 is 0. The standard InChI is InChI=1S/C20H28N2O3/c1-3-24-18-8-6-7-16-11-17(14-25-19(16)18)20(23)21-12-15(2)13-22-9-4-5-10-22/h6-8,11,15H,3-5,9-10,12-14H2,1-2H3,(H,21,23). The van der Waals surface area contributed by atoms with E-state index >= 15 is 0 Å². The van der Waals surface area contributed by atoms with Crippen LogP contribution < -0.4 is 14.8 Å². The third-order valence-electron chi connectivity index (χ3n) is 4.68. The van der Waals surface area contributed by atoms with E-state index in [-0.39, 0.29) is 12.5 Å². The Kier molecular flexibility index (Phi) is 5.97. The van der Waals surface area contributed by atoms with Crippen LogP contribution in [-0.2, 0) is 4.79 Å². The molecule has 0 aliphatic carbocycles. The number of amides is 1. The van der Waals surface area contributed by atoms with Gasteiger partial charge in [0.15, 0.2) is 11.5 Å². The van der Waals surface area contributed by atoms with Gasteiger partial charge in [0.2, 0.25) is 0 Å². The summed E-state index contributed by atoms with van der Waals surface area (Å²) in [6.45, 7) is 9.13. The smallest absolute Gasteiger partial charge is 0.250 e. The van der Waals surface area contributed by atoms with E-state index in [0.717, 1.165) is 23.6 Å². The summed E-state index contributed by atoms with van der Waals surface area (Å²) in [6, 6.07) is 5.75. The fraction of sp³-hybridized carbons (Fsp3) is 0.550. The Morgan fingerprint density at radius 3 is 2.92 bits per heavy atom. The van der Waals surface area contributed by atoms with Gasteiger partial charge in [-0.15, -0.1) is 0 Å². The highest BCUT2D eigenvalue weighted by Gasteiger charge is 2.21. The van der Waals surface area contributed by atoms with Crippen molar-refractivity contribution in [2.75, 3.05) is 39.4 Å². The minimum absolute atomic E-state index is 0.0410. The molecule has 0 radical (unpaired) electrons. The van der Waals surface area contributed by atoms with Crippen molar-refractivity contribution < 1.29 is 14.3 Å². The fourth-order valence-electron chi connectivity index (χ4n) is 3.43. The van der Waals surface area contributed by atoms with Gasteiger partial charge in [-0.1, -0.05) is 19.1 Å². The fourth-order valence-corrected chi connectivity index (χ4v) is 3.43. The zero-order chi connectivity index (χ0) is 17.6. The first kappa shape index (κ1) is 17.8. The van der Waals surface area contributed by atoms with E-state index < -0.39 is 0 Å². The van der Waals surface area contributed by atoms with E-state index in [1.54, 1.807) is 0 Å². The summed E-state index contributed by atoms with van der Waals surface area (Å²) in [5.74, 6) is 1.86. The second-order valence-electron chi connectivity index (χ2n) is 6.89. The highest BCUT2D eigenvalue weighted by atomic mass is 16.5. The van der Waals surface area contributed by atoms with Crippen molar-refractivity contribution in [2.45, 2.75) is 26.7 Å². The highest BCUT2D eigenvalue weighted by molar-refractivity contribution is 5.99. The molecule has 1 atom stereocenters. The Balaban J connectivity index is 1.56. The molecule has 5 heteroatoms. The first-order valence-corrected chi connectivity index (χ1v) is 9.27. The molecule has 0 aromatic heterocycles. The van der Waals surface area contributed by atoms with Gasteiger partial charge in [0, 0.05) is 18.7 Å². The number of nitrogens with zero attached hydrogens (tertiary/aromatic N) is 1. The molecule has 5 nitrogen and oxygen atoms in total. The number of likely N-dealkylation sites (tertiary alicyclic amines) is 1. The number of carbonyl (C=O) groups excluding carboxylic acids is 1. The normalized spacial score (nSPS) is 18.1. The third-order valence-corrected chi connectivity index (χ3v) is 4.68. The van der Waals surface area contributed by atoms with E-state index in [1.807, 2.05) is 31.2 Å². The second kappa shape index (κ2) is 8.39. The molecule has 1 unspecified atom stereocenters. The zero-order valence-electron chi connectivity index (χ0n) is 15.2. The minimum Gasteiger partial charge on any atom is -0.490 e. The van der Waals surface area contributed by atoms with Crippen molar-refractivity contribution in [1.82, 2.24) is 10.2 Å². The highest BCUT2D eigenvalue weighted by Crippen LogP contribution is 2.35. The molecule has 2 aliphatic rings. The lowest BCUT2D eigenvalue weighted by atomic mass is 10.1. The molecular weight excluding hydrogens is 316 g/mol. The van der Waals surface area contributed by atoms with Crippen LogP contribution in [-0.4, -0.2) is 50.2 Å². The van der Waals surface area contributed by atoms with Crippen LogP contribution in [0, 0.1) is 5.92 Å². The number of rotatable bonds is 7. The van der Waals surface area contributed by atoms with Gasteiger partial charge in [-0.3, -0.25) is 4.79 Å². The SMILES string of the molecule is CCOc1cccc2c1OCC(C(=O)NCC(C)CN1CCCC1)=C2. The van der Waals surface area contributed by atoms with Crippen LogP contribution in [0.5, 0.6) is 11.5 Å². The largest absolute Gasteiger partial charge is 0.490 e. The van der Waals surface area contributed by atoms with E-state index in [2.05, 4.69) is 17.1 Å². The summed E-state index contributed by atoms with van der Waals surface area (Å²) < 4.78 is 11.4. The quantitative estimate of drug-likeness (QED) is 0.826. The van der Waals surface area contributed by atoms with Crippen LogP contribution >= 0.6 is 0 Å². The maximum absolute atomic E-state index is 12.5. The van der Waals surface area contributed by atoms with Crippen molar-refractivity contribution in [2.24, 2.45) is 5.92 Å². The number of benzene rings is 1. The molecule has 25 heavy (non-hydrogen) atoms. The lowest BCUT2D eigenvalue weighted by Gasteiger charge is -2.22. The summed E-state index contributed by atoms with van der Waals surface area (Å²) in [5.41, 5.74) is 1.56. The van der Waals surface area contributed by atoms with Crippen LogP contribution in [0.3, 0.4) is 0 Å². The first-order chi connectivity index (χ1) is 12.2. The van der Waals surface area contributed by atoms with E-state index in [1.165, 1.54) is 25.9 Å². The molecule has 1 fully saturated rings. The minimum atomic E-state index is -0.0410. The molecule has 1 aromatic carbocycles. The Hall–Kier alpha value is -2.01. The number of nitrogens with one attached hydrogen (secondary N) is 1. The first-order valence-electron chi connectivity index (χ1n) is 9.27. The molecule has 0 spiro atoms. The van der Waals surface area contributed by atoms with Crippen molar-refractivity contribution in [3.63, 3.8) is 0 Å². The van der Waals surface area contributed by atoms with Gasteiger partial charge in [-0.25, -0.2) is 0 Å². The Labute approximate surface area is 150 Å². The second-order valence-corrected chi connectivity index (χ2v) is 6.89. The van der Waals surface area contributed by atoms with Gasteiger partial charge in [-0.2, -0.15) is 0 Å². The van der Waals surface area contributed by atoms with Crippen molar-refractivity contribution >= 4 is 12.0 Å². The van der Waals surface area contributed by atoms with Gasteiger partial charge in [0.05, 0.1) is 12.2 Å². The number of hydrogen-bond donors (Lipinski definition) is 1. The van der Waals surface area contributed by atoms with Crippen LogP contribution in [0.4, 0.5) is 0 Å². The molecule has 0 bridgehead atoms. The number of ether oxygens (including phenoxy) is 2. The monoisotopic (exact) mass is 344 g/mol. The van der Waals surface area contributed by atoms with Gasteiger partial charge >= 0.3 is 0 Å². The molecule has 1 aromatic rings. The summed E-state index contributed by atoms with van der Waals surface area (Å²) in [4.78, 5) is 14.9. The van der Waals surface area contributed by atoms with Crippen LogP contribution in [0.15, 0.2) is 23.8 Å². The molecule has 2 heterocycles. The van der Waals surface area contributed by atoms with Crippen molar-refractivity contribution in [1.29, 1.82) is 0 Å². The molecule has 2 aliphatic heterocycles. The molecule has 136 valence electrons. The van der Waals surface area contributed by atoms with Gasteiger partial charge < -0.3 is 19.7 Å². The van der Waals surface area contributed by atoms with Crippen LogP contribution in [0.25, 0.3) is 6.08 Å². The lowest BCUT2D eigenvalue weighted by molar-refractivity contribution is -0.118. The Morgan fingerprint density at radius 2 is 2.16 bits per heavy atom. The van der Waals surface area contributed by atoms with Gasteiger partial charge in [-0.05, 0) is 50.9 Å². The van der Waals surface area contributed by atoms with Crippen LogP contribution in [0.2, 0.25) is 0 Å². The molecule has 1 saturated heterocycles. The maximum atomic E-state index is 12.5. The van der Waals surface area contributed by atoms with E-state index in [0.29, 0.717) is 24.6 Å². The third kappa shape index (κ3) is 4.54. The Bertz CT molecular complexity index is 636. The van der Waals surface area contributed by atoms with Gasteiger partial charge in [0.1, 0.15) is 6.61 Å².